The summed E-state index contributed by atoms with van der Waals surface area (Å²) in [7, 11) is 0. The molecule has 0 aliphatic heterocycles. The van der Waals surface area contributed by atoms with Gasteiger partial charge in [0.1, 0.15) is 0 Å². The fourth-order valence-electron chi connectivity index (χ4n) is 2.53. The standard InChI is InChI=1S/C20H15ClN2O3/c21-18-7-6-17(10-16(18)11-19(24)25)23-20(26)14-4-1-3-13(9-14)15-5-2-8-22-12-15/h1-10,12H,11H2,(H,23,26)(H,24,25). The van der Waals surface area contributed by atoms with Gasteiger partial charge in [-0.25, -0.2) is 0 Å². The third-order valence-electron chi connectivity index (χ3n) is 3.76. The number of aliphatic carboxylic acids is 1. The summed E-state index contributed by atoms with van der Waals surface area (Å²) in [6.07, 6.45) is 3.21. The molecule has 3 rings (SSSR count). The van der Waals surface area contributed by atoms with Crippen molar-refractivity contribution in [3.8, 4) is 11.1 Å². The van der Waals surface area contributed by atoms with E-state index in [-0.39, 0.29) is 12.3 Å². The molecule has 6 heteroatoms. The van der Waals surface area contributed by atoms with E-state index in [1.807, 2.05) is 18.2 Å². The molecular weight excluding hydrogens is 352 g/mol. The van der Waals surface area contributed by atoms with Crippen molar-refractivity contribution >= 4 is 29.2 Å². The van der Waals surface area contributed by atoms with Crippen LogP contribution in [0.2, 0.25) is 5.02 Å². The molecule has 0 radical (unpaired) electrons. The van der Waals surface area contributed by atoms with Gasteiger partial charge in [0.25, 0.3) is 5.91 Å². The maximum absolute atomic E-state index is 12.5. The highest BCUT2D eigenvalue weighted by molar-refractivity contribution is 6.31. The molecule has 0 saturated heterocycles. The van der Waals surface area contributed by atoms with Crippen LogP contribution >= 0.6 is 11.6 Å². The summed E-state index contributed by atoms with van der Waals surface area (Å²) in [5.41, 5.74) is 3.22. The summed E-state index contributed by atoms with van der Waals surface area (Å²) in [5.74, 6) is -1.28. The molecule has 1 amide bonds. The van der Waals surface area contributed by atoms with Gasteiger partial charge in [0.15, 0.2) is 0 Å². The number of pyridine rings is 1. The lowest BCUT2D eigenvalue weighted by molar-refractivity contribution is -0.136. The third kappa shape index (κ3) is 4.26. The maximum atomic E-state index is 12.5. The number of carboxylic acid groups (broad SMARTS) is 1. The molecule has 1 aromatic heterocycles. The number of carbonyl (C=O) groups excluding carboxylic acids is 1. The molecule has 5 nitrogen and oxygen atoms in total. The Morgan fingerprint density at radius 2 is 1.85 bits per heavy atom. The summed E-state index contributed by atoms with van der Waals surface area (Å²) in [6.45, 7) is 0. The van der Waals surface area contributed by atoms with Gasteiger partial charge < -0.3 is 10.4 Å². The summed E-state index contributed by atoms with van der Waals surface area (Å²) in [6, 6.07) is 15.7. The normalized spacial score (nSPS) is 10.3. The van der Waals surface area contributed by atoms with Gasteiger partial charge in [0.05, 0.1) is 6.42 Å². The lowest BCUT2D eigenvalue weighted by Gasteiger charge is -2.09. The van der Waals surface area contributed by atoms with E-state index in [9.17, 15) is 9.59 Å². The highest BCUT2D eigenvalue weighted by atomic mass is 35.5. The molecule has 0 saturated carbocycles. The Balaban J connectivity index is 1.82. The Bertz CT molecular complexity index is 958. The van der Waals surface area contributed by atoms with Crippen LogP contribution in [-0.2, 0) is 11.2 Å². The predicted octanol–water partition coefficient (Wildman–Crippen LogP) is 4.28. The van der Waals surface area contributed by atoms with Crippen molar-refractivity contribution in [2.75, 3.05) is 5.32 Å². The first-order valence-electron chi connectivity index (χ1n) is 7.85. The van der Waals surface area contributed by atoms with E-state index in [1.165, 1.54) is 0 Å². The first kappa shape index (κ1) is 17.6. The molecule has 3 aromatic rings. The number of amides is 1. The lowest BCUT2D eigenvalue weighted by Crippen LogP contribution is -2.12. The second-order valence-corrected chi connectivity index (χ2v) is 6.06. The fraction of sp³-hybridized carbons (Fsp3) is 0.0500. The van der Waals surface area contributed by atoms with Crippen molar-refractivity contribution in [1.29, 1.82) is 0 Å². The molecule has 0 atom stereocenters. The average molecular weight is 367 g/mol. The van der Waals surface area contributed by atoms with Crippen LogP contribution in [0.1, 0.15) is 15.9 Å². The quantitative estimate of drug-likeness (QED) is 0.706. The van der Waals surface area contributed by atoms with Gasteiger partial charge in [-0.15, -0.1) is 0 Å². The smallest absolute Gasteiger partial charge is 0.307 e. The van der Waals surface area contributed by atoms with E-state index in [0.29, 0.717) is 21.8 Å². The average Bonchev–Trinajstić information content (AvgIpc) is 2.65. The SMILES string of the molecule is O=C(O)Cc1cc(NC(=O)c2cccc(-c3cccnc3)c2)ccc1Cl. The molecule has 0 spiro atoms. The first-order chi connectivity index (χ1) is 12.5. The minimum atomic E-state index is -0.987. The molecule has 130 valence electrons. The van der Waals surface area contributed by atoms with Crippen LogP contribution in [0, 0.1) is 0 Å². The van der Waals surface area contributed by atoms with Crippen molar-refractivity contribution in [3.05, 3.63) is 83.1 Å². The van der Waals surface area contributed by atoms with Gasteiger partial charge in [0.2, 0.25) is 0 Å². The van der Waals surface area contributed by atoms with Gasteiger partial charge in [-0.2, -0.15) is 0 Å². The molecule has 26 heavy (non-hydrogen) atoms. The van der Waals surface area contributed by atoms with Gasteiger partial charge in [-0.3, -0.25) is 14.6 Å². The molecule has 2 aromatic carbocycles. The number of halogens is 1. The van der Waals surface area contributed by atoms with Crippen molar-refractivity contribution in [2.45, 2.75) is 6.42 Å². The first-order valence-corrected chi connectivity index (χ1v) is 8.23. The molecule has 2 N–H and O–H groups in total. The third-order valence-corrected chi connectivity index (χ3v) is 4.13. The van der Waals surface area contributed by atoms with Gasteiger partial charge in [-0.1, -0.05) is 29.8 Å². The zero-order chi connectivity index (χ0) is 18.5. The van der Waals surface area contributed by atoms with Crippen molar-refractivity contribution < 1.29 is 14.7 Å². The van der Waals surface area contributed by atoms with Gasteiger partial charge >= 0.3 is 5.97 Å². The van der Waals surface area contributed by atoms with Crippen LogP contribution in [0.25, 0.3) is 11.1 Å². The van der Waals surface area contributed by atoms with Crippen LogP contribution in [-0.4, -0.2) is 22.0 Å². The molecule has 0 aliphatic carbocycles. The van der Waals surface area contributed by atoms with Gasteiger partial charge in [-0.05, 0) is 47.5 Å². The number of rotatable bonds is 5. The highest BCUT2D eigenvalue weighted by Crippen LogP contribution is 2.23. The van der Waals surface area contributed by atoms with Crippen LogP contribution in [0.3, 0.4) is 0 Å². The van der Waals surface area contributed by atoms with Crippen LogP contribution < -0.4 is 5.32 Å². The summed E-state index contributed by atoms with van der Waals surface area (Å²) >= 11 is 6.00. The zero-order valence-corrected chi connectivity index (χ0v) is 14.4. The van der Waals surface area contributed by atoms with E-state index < -0.39 is 5.97 Å². The lowest BCUT2D eigenvalue weighted by atomic mass is 10.0. The van der Waals surface area contributed by atoms with E-state index in [1.54, 1.807) is 48.8 Å². The largest absolute Gasteiger partial charge is 0.481 e. The fourth-order valence-corrected chi connectivity index (χ4v) is 2.71. The topological polar surface area (TPSA) is 79.3 Å². The number of aromatic nitrogens is 1. The summed E-state index contributed by atoms with van der Waals surface area (Å²) in [4.78, 5) is 27.5. The van der Waals surface area contributed by atoms with E-state index in [2.05, 4.69) is 10.3 Å². The summed E-state index contributed by atoms with van der Waals surface area (Å²) < 4.78 is 0. The number of anilines is 1. The van der Waals surface area contributed by atoms with Gasteiger partial charge in [0, 0.05) is 34.2 Å². The number of carboxylic acids is 1. The van der Waals surface area contributed by atoms with Crippen LogP contribution in [0.4, 0.5) is 5.69 Å². The Labute approximate surface area is 155 Å². The minimum Gasteiger partial charge on any atom is -0.481 e. The molecule has 0 bridgehead atoms. The van der Waals surface area contributed by atoms with Crippen molar-refractivity contribution in [3.63, 3.8) is 0 Å². The second-order valence-electron chi connectivity index (χ2n) is 5.65. The van der Waals surface area contributed by atoms with Crippen molar-refractivity contribution in [1.82, 2.24) is 4.98 Å². The van der Waals surface area contributed by atoms with Crippen molar-refractivity contribution in [2.24, 2.45) is 0 Å². The zero-order valence-electron chi connectivity index (χ0n) is 13.6. The number of carbonyl (C=O) groups is 2. The number of nitrogens with zero attached hydrogens (tertiary/aromatic N) is 1. The Hall–Kier alpha value is -3.18. The molecule has 0 fully saturated rings. The number of hydrogen-bond donors (Lipinski definition) is 2. The van der Waals surface area contributed by atoms with Crippen LogP contribution in [0.15, 0.2) is 67.0 Å². The molecule has 1 heterocycles. The van der Waals surface area contributed by atoms with Crippen LogP contribution in [0.5, 0.6) is 0 Å². The number of benzene rings is 2. The maximum Gasteiger partial charge on any atom is 0.307 e. The molecule has 0 unspecified atom stereocenters. The highest BCUT2D eigenvalue weighted by Gasteiger charge is 2.11. The Morgan fingerprint density at radius 1 is 1.04 bits per heavy atom. The van der Waals surface area contributed by atoms with E-state index in [4.69, 9.17) is 16.7 Å². The van der Waals surface area contributed by atoms with E-state index >= 15 is 0 Å². The Morgan fingerprint density at radius 3 is 2.58 bits per heavy atom. The van der Waals surface area contributed by atoms with E-state index in [0.717, 1.165) is 11.1 Å². The summed E-state index contributed by atoms with van der Waals surface area (Å²) in [5, 5.41) is 12.1. The predicted molar refractivity (Wildman–Crippen MR) is 100 cm³/mol. The minimum absolute atomic E-state index is 0.209. The molecule has 0 aliphatic rings. The second kappa shape index (κ2) is 7.80. The number of nitrogens with one attached hydrogen (secondary N) is 1. The number of hydrogen-bond acceptors (Lipinski definition) is 3. The molecular formula is C20H15ClN2O3. The monoisotopic (exact) mass is 366 g/mol. The Kier molecular flexibility index (Phi) is 5.29.